The summed E-state index contributed by atoms with van der Waals surface area (Å²) < 4.78 is 2.56. The van der Waals surface area contributed by atoms with Crippen molar-refractivity contribution in [2.24, 2.45) is 0 Å². The van der Waals surface area contributed by atoms with Crippen LogP contribution in [0.5, 0.6) is 5.75 Å². The molecular weight excluding hydrogens is 484 g/mol. The van der Waals surface area contributed by atoms with E-state index in [-0.39, 0.29) is 11.3 Å². The topological polar surface area (TPSA) is 55.1 Å². The zero-order chi connectivity index (χ0) is 24.5. The minimum atomic E-state index is -0.0392. The van der Waals surface area contributed by atoms with E-state index in [0.29, 0.717) is 29.6 Å². The third kappa shape index (κ3) is 4.34. The Morgan fingerprint density at radius 3 is 2.28 bits per heavy atom. The molecule has 0 atom stereocenters. The standard InChI is InChI=1S/C30H24N2O2S2/c33-24-15-14-22(18-21-10-5-2-6-11-21)26-27-29(36-28(24)26)31-25(16-13-20-8-3-1-4-9-20)32(30(27)34)19-23-12-7-17-35-23/h1-12,14-15,17,33H,13,16,18-19H2. The summed E-state index contributed by atoms with van der Waals surface area (Å²) in [6.07, 6.45) is 2.15. The van der Waals surface area contributed by atoms with Crippen molar-refractivity contribution < 1.29 is 5.11 Å². The van der Waals surface area contributed by atoms with Crippen LogP contribution in [0.2, 0.25) is 0 Å². The quantitative estimate of drug-likeness (QED) is 0.258. The molecule has 178 valence electrons. The highest BCUT2D eigenvalue weighted by Crippen LogP contribution is 2.39. The number of phenols is 1. The molecule has 0 aliphatic heterocycles. The van der Waals surface area contributed by atoms with Gasteiger partial charge in [-0.1, -0.05) is 72.8 Å². The summed E-state index contributed by atoms with van der Waals surface area (Å²) in [5.74, 6) is 0.972. The molecule has 0 saturated heterocycles. The lowest BCUT2D eigenvalue weighted by molar-refractivity contribution is 0.482. The van der Waals surface area contributed by atoms with Gasteiger partial charge in [-0.3, -0.25) is 9.36 Å². The van der Waals surface area contributed by atoms with Crippen molar-refractivity contribution in [3.63, 3.8) is 0 Å². The average Bonchev–Trinajstić information content (AvgIpc) is 3.56. The number of aromatic hydroxyl groups is 1. The summed E-state index contributed by atoms with van der Waals surface area (Å²) in [7, 11) is 0. The fourth-order valence-electron chi connectivity index (χ4n) is 4.73. The minimum Gasteiger partial charge on any atom is -0.506 e. The first-order valence-electron chi connectivity index (χ1n) is 11.9. The zero-order valence-electron chi connectivity index (χ0n) is 19.6. The van der Waals surface area contributed by atoms with Crippen LogP contribution in [-0.2, 0) is 25.8 Å². The number of phenolic OH excluding ortho intramolecular Hbond substituents is 1. The number of rotatable bonds is 7. The molecule has 4 nitrogen and oxygen atoms in total. The second-order valence-electron chi connectivity index (χ2n) is 8.88. The molecular formula is C30H24N2O2S2. The fraction of sp³-hybridized carbons (Fsp3) is 0.133. The lowest BCUT2D eigenvalue weighted by atomic mass is 10.00. The third-order valence-electron chi connectivity index (χ3n) is 6.50. The van der Waals surface area contributed by atoms with Crippen molar-refractivity contribution in [1.29, 1.82) is 0 Å². The van der Waals surface area contributed by atoms with Crippen LogP contribution in [0, 0.1) is 0 Å². The third-order valence-corrected chi connectivity index (χ3v) is 8.47. The van der Waals surface area contributed by atoms with Crippen LogP contribution in [0.25, 0.3) is 20.3 Å². The van der Waals surface area contributed by atoms with Gasteiger partial charge in [0.15, 0.2) is 0 Å². The minimum absolute atomic E-state index is 0.0392. The van der Waals surface area contributed by atoms with Gasteiger partial charge in [0.2, 0.25) is 0 Å². The van der Waals surface area contributed by atoms with Gasteiger partial charge in [-0.05, 0) is 47.0 Å². The SMILES string of the molecule is O=c1c2c(nc(CCc3ccccc3)n1Cc1cccs1)sc1c(O)ccc(Cc3ccccc3)c12. The first kappa shape index (κ1) is 22.7. The molecule has 0 bridgehead atoms. The van der Waals surface area contributed by atoms with Crippen LogP contribution in [-0.4, -0.2) is 14.7 Å². The van der Waals surface area contributed by atoms with Gasteiger partial charge in [-0.2, -0.15) is 0 Å². The molecule has 6 aromatic rings. The molecule has 36 heavy (non-hydrogen) atoms. The molecule has 0 aliphatic carbocycles. The summed E-state index contributed by atoms with van der Waals surface area (Å²) in [6.45, 7) is 0.494. The van der Waals surface area contributed by atoms with E-state index >= 15 is 0 Å². The molecule has 6 heteroatoms. The highest BCUT2D eigenvalue weighted by Gasteiger charge is 2.21. The number of benzene rings is 3. The first-order valence-corrected chi connectivity index (χ1v) is 13.6. The van der Waals surface area contributed by atoms with Crippen molar-refractivity contribution in [2.45, 2.75) is 25.8 Å². The fourth-order valence-corrected chi connectivity index (χ4v) is 6.56. The first-order chi connectivity index (χ1) is 17.7. The molecule has 3 aromatic heterocycles. The van der Waals surface area contributed by atoms with Gasteiger partial charge in [0, 0.05) is 16.7 Å². The Morgan fingerprint density at radius 2 is 1.56 bits per heavy atom. The van der Waals surface area contributed by atoms with Crippen molar-refractivity contribution in [1.82, 2.24) is 9.55 Å². The zero-order valence-corrected chi connectivity index (χ0v) is 21.2. The lowest BCUT2D eigenvalue weighted by Gasteiger charge is -2.12. The molecule has 6 rings (SSSR count). The van der Waals surface area contributed by atoms with E-state index in [0.717, 1.165) is 38.3 Å². The second-order valence-corrected chi connectivity index (χ2v) is 10.9. The maximum Gasteiger partial charge on any atom is 0.263 e. The Labute approximate surface area is 216 Å². The summed E-state index contributed by atoms with van der Waals surface area (Å²) in [4.78, 5) is 21.0. The number of aryl methyl sites for hydroxylation is 2. The van der Waals surface area contributed by atoms with Crippen LogP contribution < -0.4 is 5.56 Å². The van der Waals surface area contributed by atoms with E-state index in [2.05, 4.69) is 30.3 Å². The van der Waals surface area contributed by atoms with Gasteiger partial charge in [0.05, 0.1) is 16.6 Å². The van der Waals surface area contributed by atoms with Crippen LogP contribution in [0.3, 0.4) is 0 Å². The molecule has 0 unspecified atom stereocenters. The smallest absolute Gasteiger partial charge is 0.263 e. The van der Waals surface area contributed by atoms with Crippen molar-refractivity contribution in [3.05, 3.63) is 128 Å². The van der Waals surface area contributed by atoms with Gasteiger partial charge < -0.3 is 5.11 Å². The van der Waals surface area contributed by atoms with E-state index in [9.17, 15) is 9.90 Å². The molecule has 0 aliphatic rings. The molecule has 0 fully saturated rings. The van der Waals surface area contributed by atoms with Crippen LogP contribution >= 0.6 is 22.7 Å². The maximum atomic E-state index is 14.1. The van der Waals surface area contributed by atoms with Crippen molar-refractivity contribution >= 4 is 43.0 Å². The van der Waals surface area contributed by atoms with Crippen LogP contribution in [0.15, 0.2) is 95.1 Å². The van der Waals surface area contributed by atoms with Crippen molar-refractivity contribution in [3.8, 4) is 5.75 Å². The molecule has 3 heterocycles. The van der Waals surface area contributed by atoms with E-state index in [4.69, 9.17) is 4.98 Å². The Kier molecular flexibility index (Phi) is 6.13. The Balaban J connectivity index is 1.53. The number of aromatic nitrogens is 2. The molecule has 0 amide bonds. The number of hydrogen-bond donors (Lipinski definition) is 1. The molecule has 0 saturated carbocycles. The summed E-state index contributed by atoms with van der Waals surface area (Å²) in [5, 5.41) is 14.2. The van der Waals surface area contributed by atoms with Crippen LogP contribution in [0.4, 0.5) is 0 Å². The average molecular weight is 509 g/mol. The van der Waals surface area contributed by atoms with E-state index < -0.39 is 0 Å². The number of nitrogens with zero attached hydrogens (tertiary/aromatic N) is 2. The number of hydrogen-bond acceptors (Lipinski definition) is 5. The summed E-state index contributed by atoms with van der Waals surface area (Å²) in [5.41, 5.74) is 3.37. The van der Waals surface area contributed by atoms with Gasteiger partial charge in [-0.15, -0.1) is 22.7 Å². The number of thiophene rings is 2. The van der Waals surface area contributed by atoms with Crippen LogP contribution in [0.1, 0.15) is 27.4 Å². The molecule has 1 N–H and O–H groups in total. The highest BCUT2D eigenvalue weighted by molar-refractivity contribution is 7.25. The predicted molar refractivity (Wildman–Crippen MR) is 150 cm³/mol. The molecule has 3 aromatic carbocycles. The Hall–Kier alpha value is -3.74. The number of fused-ring (bicyclic) bond motifs is 3. The lowest BCUT2D eigenvalue weighted by Crippen LogP contribution is -2.25. The van der Waals surface area contributed by atoms with Gasteiger partial charge in [0.25, 0.3) is 5.56 Å². The summed E-state index contributed by atoms with van der Waals surface area (Å²) in [6, 6.07) is 28.2. The molecule has 0 radical (unpaired) electrons. The van der Waals surface area contributed by atoms with E-state index in [1.54, 1.807) is 17.4 Å². The second kappa shape index (κ2) is 9.72. The summed E-state index contributed by atoms with van der Waals surface area (Å²) >= 11 is 3.05. The van der Waals surface area contributed by atoms with E-state index in [1.807, 2.05) is 58.5 Å². The highest BCUT2D eigenvalue weighted by atomic mass is 32.1. The van der Waals surface area contributed by atoms with Crippen molar-refractivity contribution in [2.75, 3.05) is 0 Å². The largest absolute Gasteiger partial charge is 0.506 e. The maximum absolute atomic E-state index is 14.1. The van der Waals surface area contributed by atoms with Gasteiger partial charge in [0.1, 0.15) is 16.4 Å². The van der Waals surface area contributed by atoms with E-state index in [1.165, 1.54) is 16.9 Å². The van der Waals surface area contributed by atoms with Gasteiger partial charge in [-0.25, -0.2) is 4.98 Å². The Morgan fingerprint density at radius 1 is 0.806 bits per heavy atom. The monoisotopic (exact) mass is 508 g/mol. The predicted octanol–water partition coefficient (Wildman–Crippen LogP) is 6.80. The Bertz CT molecular complexity index is 1700. The molecule has 0 spiro atoms. The van der Waals surface area contributed by atoms with Gasteiger partial charge >= 0.3 is 0 Å². The normalized spacial score (nSPS) is 11.4.